The van der Waals surface area contributed by atoms with Gasteiger partial charge in [-0.15, -0.1) is 0 Å². The van der Waals surface area contributed by atoms with Gasteiger partial charge in [0.05, 0.1) is 17.2 Å². The Morgan fingerprint density at radius 1 is 1.20 bits per heavy atom. The van der Waals surface area contributed by atoms with Crippen LogP contribution in [0.5, 0.6) is 0 Å². The SMILES string of the molecule is CC.O=C(O)c1cnc2ccccc2n1. The molecule has 1 aromatic heterocycles. The molecule has 2 rings (SSSR count). The van der Waals surface area contributed by atoms with E-state index in [1.807, 2.05) is 19.9 Å². The van der Waals surface area contributed by atoms with Crippen LogP contribution in [0.1, 0.15) is 24.3 Å². The number of carbonyl (C=O) groups is 1. The van der Waals surface area contributed by atoms with E-state index in [9.17, 15) is 4.79 Å². The number of hydrogen-bond acceptors (Lipinski definition) is 3. The van der Waals surface area contributed by atoms with Crippen LogP contribution in [0.15, 0.2) is 30.5 Å². The highest BCUT2D eigenvalue weighted by atomic mass is 16.4. The van der Waals surface area contributed by atoms with Crippen molar-refractivity contribution < 1.29 is 9.90 Å². The Kier molecular flexibility index (Phi) is 3.74. The third kappa shape index (κ3) is 2.49. The summed E-state index contributed by atoms with van der Waals surface area (Å²) in [6.45, 7) is 4.00. The number of fused-ring (bicyclic) bond motifs is 1. The van der Waals surface area contributed by atoms with Crippen molar-refractivity contribution in [2.45, 2.75) is 13.8 Å². The predicted molar refractivity (Wildman–Crippen MR) is 57.8 cm³/mol. The van der Waals surface area contributed by atoms with E-state index < -0.39 is 5.97 Å². The highest BCUT2D eigenvalue weighted by molar-refractivity contribution is 5.87. The minimum atomic E-state index is -1.06. The number of benzene rings is 1. The Balaban J connectivity index is 0.000000531. The molecule has 78 valence electrons. The first-order valence-corrected chi connectivity index (χ1v) is 4.72. The predicted octanol–water partition coefficient (Wildman–Crippen LogP) is 2.35. The second-order valence-electron chi connectivity index (χ2n) is 2.55. The van der Waals surface area contributed by atoms with Crippen molar-refractivity contribution in [3.63, 3.8) is 0 Å². The molecule has 0 amide bonds. The first-order chi connectivity index (χ1) is 7.27. The van der Waals surface area contributed by atoms with E-state index in [0.29, 0.717) is 11.0 Å². The summed E-state index contributed by atoms with van der Waals surface area (Å²) in [4.78, 5) is 18.4. The maximum Gasteiger partial charge on any atom is 0.356 e. The van der Waals surface area contributed by atoms with Gasteiger partial charge in [0.2, 0.25) is 0 Å². The van der Waals surface area contributed by atoms with Gasteiger partial charge in [-0.05, 0) is 12.1 Å². The van der Waals surface area contributed by atoms with E-state index in [1.54, 1.807) is 18.2 Å². The Bertz CT molecular complexity index is 469. The summed E-state index contributed by atoms with van der Waals surface area (Å²) in [5, 5.41) is 8.64. The number of para-hydroxylation sites is 2. The van der Waals surface area contributed by atoms with Gasteiger partial charge in [-0.3, -0.25) is 4.98 Å². The molecule has 2 aromatic rings. The van der Waals surface area contributed by atoms with Crippen LogP contribution < -0.4 is 0 Å². The summed E-state index contributed by atoms with van der Waals surface area (Å²) in [7, 11) is 0. The molecular formula is C11H12N2O2. The van der Waals surface area contributed by atoms with Gasteiger partial charge >= 0.3 is 5.97 Å². The molecule has 1 N–H and O–H groups in total. The normalized spacial score (nSPS) is 9.20. The third-order valence-electron chi connectivity index (χ3n) is 1.67. The highest BCUT2D eigenvalue weighted by Gasteiger charge is 2.05. The third-order valence-corrected chi connectivity index (χ3v) is 1.67. The van der Waals surface area contributed by atoms with Gasteiger partial charge in [-0.1, -0.05) is 26.0 Å². The average molecular weight is 204 g/mol. The van der Waals surface area contributed by atoms with Crippen LogP contribution in [0.3, 0.4) is 0 Å². The number of aromatic carboxylic acids is 1. The van der Waals surface area contributed by atoms with Crippen LogP contribution in [-0.2, 0) is 0 Å². The van der Waals surface area contributed by atoms with Crippen LogP contribution in [0, 0.1) is 0 Å². The fourth-order valence-corrected chi connectivity index (χ4v) is 1.06. The van der Waals surface area contributed by atoms with Crippen molar-refractivity contribution in [1.29, 1.82) is 0 Å². The zero-order valence-corrected chi connectivity index (χ0v) is 8.64. The summed E-state index contributed by atoms with van der Waals surface area (Å²) in [6, 6.07) is 7.14. The van der Waals surface area contributed by atoms with E-state index in [4.69, 9.17) is 5.11 Å². The molecule has 0 spiro atoms. The van der Waals surface area contributed by atoms with Gasteiger partial charge in [0, 0.05) is 0 Å². The molecule has 0 aliphatic rings. The maximum atomic E-state index is 10.5. The molecule has 0 saturated heterocycles. The van der Waals surface area contributed by atoms with Gasteiger partial charge in [0.15, 0.2) is 5.69 Å². The van der Waals surface area contributed by atoms with Crippen LogP contribution in [0.4, 0.5) is 0 Å². The van der Waals surface area contributed by atoms with Gasteiger partial charge in [0.25, 0.3) is 0 Å². The summed E-state index contributed by atoms with van der Waals surface area (Å²) < 4.78 is 0. The summed E-state index contributed by atoms with van der Waals surface area (Å²) in [5.74, 6) is -1.06. The molecule has 0 atom stereocenters. The lowest BCUT2D eigenvalue weighted by atomic mass is 10.3. The fraction of sp³-hybridized carbons (Fsp3) is 0.182. The Labute approximate surface area is 87.6 Å². The van der Waals surface area contributed by atoms with Crippen molar-refractivity contribution in [1.82, 2.24) is 9.97 Å². The maximum absolute atomic E-state index is 10.5. The van der Waals surface area contributed by atoms with Crippen molar-refractivity contribution in [2.75, 3.05) is 0 Å². The summed E-state index contributed by atoms with van der Waals surface area (Å²) >= 11 is 0. The monoisotopic (exact) mass is 204 g/mol. The zero-order valence-electron chi connectivity index (χ0n) is 8.64. The molecule has 15 heavy (non-hydrogen) atoms. The first-order valence-electron chi connectivity index (χ1n) is 4.72. The standard InChI is InChI=1S/C9H6N2O2.C2H6/c12-9(13)8-5-10-6-3-1-2-4-7(6)11-8;1-2/h1-5H,(H,12,13);1-2H3. The average Bonchev–Trinajstić information content (AvgIpc) is 2.31. The minimum absolute atomic E-state index is 0.0290. The van der Waals surface area contributed by atoms with E-state index >= 15 is 0 Å². The van der Waals surface area contributed by atoms with Crippen molar-refractivity contribution in [3.8, 4) is 0 Å². The number of carboxylic acids is 1. The van der Waals surface area contributed by atoms with Gasteiger partial charge in [-0.25, -0.2) is 9.78 Å². The molecule has 0 aliphatic carbocycles. The van der Waals surface area contributed by atoms with Gasteiger partial charge in [0.1, 0.15) is 0 Å². The number of carboxylic acid groups (broad SMARTS) is 1. The van der Waals surface area contributed by atoms with Crippen LogP contribution >= 0.6 is 0 Å². The molecule has 0 bridgehead atoms. The first kappa shape index (κ1) is 11.1. The molecule has 4 heteroatoms. The molecule has 0 unspecified atom stereocenters. The smallest absolute Gasteiger partial charge is 0.356 e. The molecular weight excluding hydrogens is 192 g/mol. The lowest BCUT2D eigenvalue weighted by molar-refractivity contribution is 0.0690. The highest BCUT2D eigenvalue weighted by Crippen LogP contribution is 2.07. The Hall–Kier alpha value is -1.97. The summed E-state index contributed by atoms with van der Waals surface area (Å²) in [5.41, 5.74) is 1.27. The van der Waals surface area contributed by atoms with Crippen molar-refractivity contribution in [3.05, 3.63) is 36.2 Å². The summed E-state index contributed by atoms with van der Waals surface area (Å²) in [6.07, 6.45) is 1.25. The van der Waals surface area contributed by atoms with Gasteiger partial charge < -0.3 is 5.11 Å². The minimum Gasteiger partial charge on any atom is -0.476 e. The van der Waals surface area contributed by atoms with E-state index in [1.165, 1.54) is 6.20 Å². The molecule has 0 saturated carbocycles. The lowest BCUT2D eigenvalue weighted by Gasteiger charge is -1.96. The van der Waals surface area contributed by atoms with E-state index in [0.717, 1.165) is 0 Å². The fourth-order valence-electron chi connectivity index (χ4n) is 1.06. The molecule has 0 fully saturated rings. The Morgan fingerprint density at radius 3 is 2.40 bits per heavy atom. The topological polar surface area (TPSA) is 63.1 Å². The second-order valence-corrected chi connectivity index (χ2v) is 2.55. The number of rotatable bonds is 1. The Morgan fingerprint density at radius 2 is 1.80 bits per heavy atom. The quantitative estimate of drug-likeness (QED) is 0.774. The molecule has 4 nitrogen and oxygen atoms in total. The zero-order chi connectivity index (χ0) is 11.3. The number of nitrogens with zero attached hydrogens (tertiary/aromatic N) is 2. The van der Waals surface area contributed by atoms with Crippen LogP contribution in [-0.4, -0.2) is 21.0 Å². The van der Waals surface area contributed by atoms with Gasteiger partial charge in [-0.2, -0.15) is 0 Å². The molecule has 1 aromatic carbocycles. The van der Waals surface area contributed by atoms with Crippen LogP contribution in [0.25, 0.3) is 11.0 Å². The van der Waals surface area contributed by atoms with E-state index in [-0.39, 0.29) is 5.69 Å². The lowest BCUT2D eigenvalue weighted by Crippen LogP contribution is -2.00. The van der Waals surface area contributed by atoms with Crippen molar-refractivity contribution >= 4 is 17.0 Å². The molecule has 1 heterocycles. The number of hydrogen-bond donors (Lipinski definition) is 1. The second kappa shape index (κ2) is 5.05. The largest absolute Gasteiger partial charge is 0.476 e. The van der Waals surface area contributed by atoms with Crippen molar-refractivity contribution in [2.24, 2.45) is 0 Å². The number of aromatic nitrogens is 2. The molecule has 0 radical (unpaired) electrons. The van der Waals surface area contributed by atoms with E-state index in [2.05, 4.69) is 9.97 Å². The molecule has 0 aliphatic heterocycles. The van der Waals surface area contributed by atoms with Crippen LogP contribution in [0.2, 0.25) is 0 Å².